The van der Waals surface area contributed by atoms with Crippen molar-refractivity contribution in [3.63, 3.8) is 0 Å². The fraction of sp³-hybridized carbons (Fsp3) is 0.118. The molecule has 0 amide bonds. The van der Waals surface area contributed by atoms with Crippen LogP contribution in [0.3, 0.4) is 0 Å². The number of fused-ring (bicyclic) bond motifs is 1. The van der Waals surface area contributed by atoms with Gasteiger partial charge in [-0.25, -0.2) is 0 Å². The molecule has 0 N–H and O–H groups in total. The van der Waals surface area contributed by atoms with Crippen LogP contribution in [0.2, 0.25) is 0 Å². The van der Waals surface area contributed by atoms with Crippen molar-refractivity contribution in [2.24, 2.45) is 0 Å². The van der Waals surface area contributed by atoms with Crippen molar-refractivity contribution < 1.29 is 0 Å². The topological polar surface area (TPSA) is 43.1 Å². The summed E-state index contributed by atoms with van der Waals surface area (Å²) in [6.07, 6.45) is 0. The highest BCUT2D eigenvalue weighted by Crippen LogP contribution is 2.29. The van der Waals surface area contributed by atoms with Crippen LogP contribution in [0, 0.1) is 13.8 Å². The van der Waals surface area contributed by atoms with E-state index in [-0.39, 0.29) is 0 Å². The van der Waals surface area contributed by atoms with E-state index in [0.717, 1.165) is 26.9 Å². The average Bonchev–Trinajstić information content (AvgIpc) is 3.09. The van der Waals surface area contributed by atoms with Gasteiger partial charge in [0.25, 0.3) is 0 Å². The standard InChI is InChI=1S/C17H14N4S/c1-11-7-9-13(10-8-11)15-18-19-17-21(15)20-16(22-17)14-6-4-3-5-12(14)2/h3-10H,1-2H3. The van der Waals surface area contributed by atoms with Crippen LogP contribution in [0.25, 0.3) is 26.9 Å². The zero-order valence-electron chi connectivity index (χ0n) is 12.3. The molecule has 108 valence electrons. The lowest BCUT2D eigenvalue weighted by Gasteiger charge is -2.00. The van der Waals surface area contributed by atoms with E-state index in [4.69, 9.17) is 5.10 Å². The normalized spacial score (nSPS) is 11.2. The van der Waals surface area contributed by atoms with Gasteiger partial charge in [0.1, 0.15) is 5.01 Å². The van der Waals surface area contributed by atoms with Crippen molar-refractivity contribution in [3.05, 3.63) is 59.7 Å². The smallest absolute Gasteiger partial charge is 0.182 e. The Morgan fingerprint density at radius 3 is 2.45 bits per heavy atom. The fourth-order valence-corrected chi connectivity index (χ4v) is 3.35. The first kappa shape index (κ1) is 13.2. The van der Waals surface area contributed by atoms with Crippen LogP contribution in [0.5, 0.6) is 0 Å². The number of rotatable bonds is 2. The van der Waals surface area contributed by atoms with Crippen molar-refractivity contribution in [1.29, 1.82) is 0 Å². The molecule has 0 bridgehead atoms. The summed E-state index contributed by atoms with van der Waals surface area (Å²) in [5, 5.41) is 14.2. The predicted octanol–water partition coefficient (Wildman–Crippen LogP) is 4.14. The van der Waals surface area contributed by atoms with Gasteiger partial charge in [-0.3, -0.25) is 0 Å². The van der Waals surface area contributed by atoms with Crippen molar-refractivity contribution in [1.82, 2.24) is 19.8 Å². The second kappa shape index (κ2) is 5.03. The fourth-order valence-electron chi connectivity index (χ4n) is 2.42. The number of hydrogen-bond donors (Lipinski definition) is 0. The van der Waals surface area contributed by atoms with Gasteiger partial charge in [-0.15, -0.1) is 10.2 Å². The minimum absolute atomic E-state index is 0.783. The van der Waals surface area contributed by atoms with E-state index in [1.165, 1.54) is 11.1 Å². The minimum atomic E-state index is 0.783. The highest BCUT2D eigenvalue weighted by atomic mass is 32.1. The lowest BCUT2D eigenvalue weighted by Crippen LogP contribution is -1.91. The number of hydrogen-bond acceptors (Lipinski definition) is 4. The van der Waals surface area contributed by atoms with Crippen LogP contribution >= 0.6 is 11.3 Å². The number of benzene rings is 2. The van der Waals surface area contributed by atoms with Crippen LogP contribution in [-0.4, -0.2) is 19.8 Å². The van der Waals surface area contributed by atoms with E-state index in [0.29, 0.717) is 0 Å². The van der Waals surface area contributed by atoms with Gasteiger partial charge in [0.05, 0.1) is 0 Å². The van der Waals surface area contributed by atoms with Crippen molar-refractivity contribution in [3.8, 4) is 22.0 Å². The summed E-state index contributed by atoms with van der Waals surface area (Å²) in [5.74, 6) is 0.783. The van der Waals surface area contributed by atoms with E-state index in [9.17, 15) is 0 Å². The molecule has 4 rings (SSSR count). The summed E-state index contributed by atoms with van der Waals surface area (Å²) in [4.78, 5) is 0.814. The Kier molecular flexibility index (Phi) is 3.01. The van der Waals surface area contributed by atoms with E-state index in [2.05, 4.69) is 60.4 Å². The van der Waals surface area contributed by atoms with Gasteiger partial charge in [0.15, 0.2) is 5.82 Å². The molecule has 2 aromatic carbocycles. The molecular weight excluding hydrogens is 292 g/mol. The molecule has 0 atom stereocenters. The Hall–Kier alpha value is -2.53. The second-order valence-corrected chi connectivity index (χ2v) is 6.26. The third-order valence-corrected chi connectivity index (χ3v) is 4.61. The summed E-state index contributed by atoms with van der Waals surface area (Å²) >= 11 is 1.56. The molecule has 0 saturated heterocycles. The molecule has 0 aliphatic carbocycles. The van der Waals surface area contributed by atoms with Crippen molar-refractivity contribution in [2.45, 2.75) is 13.8 Å². The maximum atomic E-state index is 4.71. The van der Waals surface area contributed by atoms with Gasteiger partial charge in [0, 0.05) is 11.1 Å². The largest absolute Gasteiger partial charge is 0.235 e. The zero-order valence-corrected chi connectivity index (χ0v) is 13.1. The first-order chi connectivity index (χ1) is 10.7. The SMILES string of the molecule is Cc1ccc(-c2nnc3sc(-c4ccccc4C)nn23)cc1. The summed E-state index contributed by atoms with van der Waals surface area (Å²) in [6.45, 7) is 4.17. The van der Waals surface area contributed by atoms with Gasteiger partial charge in [-0.1, -0.05) is 65.4 Å². The molecule has 0 aliphatic heterocycles. The highest BCUT2D eigenvalue weighted by molar-refractivity contribution is 7.19. The number of aryl methyl sites for hydroxylation is 2. The minimum Gasteiger partial charge on any atom is -0.182 e. The second-order valence-electron chi connectivity index (χ2n) is 5.31. The quantitative estimate of drug-likeness (QED) is 0.559. The molecule has 0 spiro atoms. The Morgan fingerprint density at radius 2 is 1.68 bits per heavy atom. The molecule has 0 radical (unpaired) electrons. The van der Waals surface area contributed by atoms with Gasteiger partial charge < -0.3 is 0 Å². The Labute approximate surface area is 132 Å². The lowest BCUT2D eigenvalue weighted by molar-refractivity contribution is 0.970. The molecule has 4 nitrogen and oxygen atoms in total. The third-order valence-electron chi connectivity index (χ3n) is 3.68. The maximum absolute atomic E-state index is 4.71. The molecule has 0 fully saturated rings. The van der Waals surface area contributed by atoms with Crippen LogP contribution in [-0.2, 0) is 0 Å². The number of nitrogens with zero attached hydrogens (tertiary/aromatic N) is 4. The van der Waals surface area contributed by atoms with Gasteiger partial charge >= 0.3 is 0 Å². The highest BCUT2D eigenvalue weighted by Gasteiger charge is 2.15. The molecule has 5 heteroatoms. The van der Waals surface area contributed by atoms with E-state index in [1.54, 1.807) is 11.3 Å². The van der Waals surface area contributed by atoms with E-state index < -0.39 is 0 Å². The summed E-state index contributed by atoms with van der Waals surface area (Å²) in [6, 6.07) is 16.5. The van der Waals surface area contributed by atoms with Gasteiger partial charge in [-0.05, 0) is 19.4 Å². The van der Waals surface area contributed by atoms with Crippen LogP contribution in [0.4, 0.5) is 0 Å². The zero-order chi connectivity index (χ0) is 15.1. The summed E-state index contributed by atoms with van der Waals surface area (Å²) in [7, 11) is 0. The first-order valence-electron chi connectivity index (χ1n) is 7.07. The van der Waals surface area contributed by atoms with Crippen molar-refractivity contribution in [2.75, 3.05) is 0 Å². The molecular formula is C17H14N4S. The monoisotopic (exact) mass is 306 g/mol. The number of aromatic nitrogens is 4. The molecule has 22 heavy (non-hydrogen) atoms. The van der Waals surface area contributed by atoms with Crippen LogP contribution < -0.4 is 0 Å². The molecule has 0 unspecified atom stereocenters. The Bertz CT molecular complexity index is 950. The van der Waals surface area contributed by atoms with Gasteiger partial charge in [-0.2, -0.15) is 9.61 Å². The average molecular weight is 306 g/mol. The Morgan fingerprint density at radius 1 is 0.909 bits per heavy atom. The molecule has 4 aromatic rings. The van der Waals surface area contributed by atoms with Crippen molar-refractivity contribution >= 4 is 16.3 Å². The third kappa shape index (κ3) is 2.10. The predicted molar refractivity (Wildman–Crippen MR) is 89.0 cm³/mol. The molecule has 2 heterocycles. The van der Waals surface area contributed by atoms with Crippen LogP contribution in [0.1, 0.15) is 11.1 Å². The summed E-state index contributed by atoms with van der Waals surface area (Å²) < 4.78 is 1.83. The van der Waals surface area contributed by atoms with E-state index in [1.807, 2.05) is 16.6 Å². The van der Waals surface area contributed by atoms with E-state index >= 15 is 0 Å². The first-order valence-corrected chi connectivity index (χ1v) is 7.89. The molecule has 0 saturated carbocycles. The van der Waals surface area contributed by atoms with Crippen LogP contribution in [0.15, 0.2) is 48.5 Å². The summed E-state index contributed by atoms with van der Waals surface area (Å²) in [5.41, 5.74) is 4.61. The molecule has 0 aliphatic rings. The maximum Gasteiger partial charge on any atom is 0.235 e. The molecule has 2 aromatic heterocycles. The van der Waals surface area contributed by atoms with Gasteiger partial charge in [0.2, 0.25) is 4.96 Å². The lowest BCUT2D eigenvalue weighted by atomic mass is 10.1. The Balaban J connectivity index is 1.86.